The molecule has 0 aliphatic heterocycles. The minimum atomic E-state index is 0.412. The molecular formula is C14H12Cl2N6S. The van der Waals surface area contributed by atoms with Gasteiger partial charge in [-0.25, -0.2) is 4.68 Å². The Balaban J connectivity index is 2.04. The van der Waals surface area contributed by atoms with E-state index in [-0.39, 0.29) is 0 Å². The fraction of sp³-hybridized carbons (Fsp3) is 0.143. The van der Waals surface area contributed by atoms with E-state index in [0.29, 0.717) is 26.3 Å². The molecule has 0 radical (unpaired) electrons. The van der Waals surface area contributed by atoms with Gasteiger partial charge in [-0.3, -0.25) is 5.10 Å². The molecule has 2 aromatic heterocycles. The molecular weight excluding hydrogens is 355 g/mol. The Morgan fingerprint density at radius 1 is 1.30 bits per heavy atom. The molecule has 0 atom stereocenters. The molecule has 2 heterocycles. The van der Waals surface area contributed by atoms with Crippen LogP contribution in [0, 0.1) is 18.6 Å². The molecule has 0 saturated heterocycles. The van der Waals surface area contributed by atoms with E-state index in [4.69, 9.17) is 35.4 Å². The third-order valence-corrected chi connectivity index (χ3v) is 4.08. The summed E-state index contributed by atoms with van der Waals surface area (Å²) in [7, 11) is 0. The van der Waals surface area contributed by atoms with Gasteiger partial charge >= 0.3 is 0 Å². The minimum Gasteiger partial charge on any atom is -0.250 e. The van der Waals surface area contributed by atoms with Gasteiger partial charge in [-0.1, -0.05) is 29.3 Å². The summed E-state index contributed by atoms with van der Waals surface area (Å²) in [5, 5.41) is 16.5. The van der Waals surface area contributed by atoms with Crippen LogP contribution in [-0.2, 0) is 0 Å². The molecule has 1 aromatic carbocycles. The lowest BCUT2D eigenvalue weighted by molar-refractivity contribution is 0.820. The van der Waals surface area contributed by atoms with Gasteiger partial charge < -0.3 is 0 Å². The van der Waals surface area contributed by atoms with E-state index >= 15 is 0 Å². The van der Waals surface area contributed by atoms with Crippen LogP contribution >= 0.6 is 35.4 Å². The van der Waals surface area contributed by atoms with Crippen molar-refractivity contribution in [3.63, 3.8) is 0 Å². The number of rotatable bonds is 3. The summed E-state index contributed by atoms with van der Waals surface area (Å²) in [5.41, 5.74) is 2.22. The summed E-state index contributed by atoms with van der Waals surface area (Å²) >= 11 is 17.6. The van der Waals surface area contributed by atoms with Gasteiger partial charge in [0.25, 0.3) is 0 Å². The topological polar surface area (TPSA) is 63.8 Å². The fourth-order valence-corrected chi connectivity index (χ4v) is 2.79. The van der Waals surface area contributed by atoms with E-state index in [9.17, 15) is 0 Å². The van der Waals surface area contributed by atoms with Crippen LogP contribution < -0.4 is 0 Å². The molecule has 6 nitrogen and oxygen atoms in total. The number of aryl methyl sites for hydroxylation is 2. The molecule has 0 amide bonds. The van der Waals surface area contributed by atoms with Crippen molar-refractivity contribution in [2.24, 2.45) is 5.10 Å². The normalized spacial score (nSPS) is 11.5. The van der Waals surface area contributed by atoms with E-state index in [2.05, 4.69) is 20.4 Å². The maximum atomic E-state index is 6.44. The second-order valence-electron chi connectivity index (χ2n) is 4.81. The van der Waals surface area contributed by atoms with Gasteiger partial charge in [-0.05, 0) is 44.3 Å². The van der Waals surface area contributed by atoms with Crippen molar-refractivity contribution in [1.82, 2.24) is 24.7 Å². The highest BCUT2D eigenvalue weighted by molar-refractivity contribution is 7.71. The highest BCUT2D eigenvalue weighted by Crippen LogP contribution is 2.23. The standard InChI is InChI=1S/C14H12Cl2N6S/c1-8-12(7-17-21-9(2)18-19-14(21)23)13(16)22(20-8)11-5-3-4-10(15)6-11/h3-7H,1-2H3,(H,19,23)/b17-7+. The molecule has 1 N–H and O–H groups in total. The number of H-pyrrole nitrogens is 1. The lowest BCUT2D eigenvalue weighted by Gasteiger charge is -2.03. The number of aromatic nitrogens is 5. The first-order valence-electron chi connectivity index (χ1n) is 6.67. The molecule has 3 aromatic rings. The average Bonchev–Trinajstić information content (AvgIpc) is 2.98. The van der Waals surface area contributed by atoms with Crippen LogP contribution in [0.3, 0.4) is 0 Å². The lowest BCUT2D eigenvalue weighted by atomic mass is 10.3. The Morgan fingerprint density at radius 2 is 2.09 bits per heavy atom. The molecule has 3 rings (SSSR count). The van der Waals surface area contributed by atoms with Crippen LogP contribution in [0.1, 0.15) is 17.1 Å². The van der Waals surface area contributed by atoms with Gasteiger partial charge in [0, 0.05) is 5.02 Å². The first-order valence-corrected chi connectivity index (χ1v) is 7.83. The maximum absolute atomic E-state index is 6.44. The number of halogens is 2. The number of hydrogen-bond acceptors (Lipinski definition) is 4. The summed E-state index contributed by atoms with van der Waals surface area (Å²) in [4.78, 5) is 0. The van der Waals surface area contributed by atoms with E-state index in [1.807, 2.05) is 19.1 Å². The van der Waals surface area contributed by atoms with E-state index < -0.39 is 0 Å². The summed E-state index contributed by atoms with van der Waals surface area (Å²) < 4.78 is 3.54. The van der Waals surface area contributed by atoms with Crippen molar-refractivity contribution in [1.29, 1.82) is 0 Å². The number of hydrogen-bond donors (Lipinski definition) is 1. The molecule has 0 saturated carbocycles. The molecule has 0 bridgehead atoms. The van der Waals surface area contributed by atoms with Crippen molar-refractivity contribution in [3.8, 4) is 5.69 Å². The van der Waals surface area contributed by atoms with Gasteiger partial charge in [0.05, 0.1) is 23.2 Å². The SMILES string of the molecule is Cc1nn(-c2cccc(Cl)c2)c(Cl)c1/C=N/n1c(C)n[nH]c1=S. The van der Waals surface area contributed by atoms with Crippen LogP contribution in [0.25, 0.3) is 5.69 Å². The summed E-state index contributed by atoms with van der Waals surface area (Å²) in [6.45, 7) is 3.66. The largest absolute Gasteiger partial charge is 0.250 e. The van der Waals surface area contributed by atoms with Gasteiger partial charge in [0.2, 0.25) is 4.77 Å². The Labute approximate surface area is 147 Å². The van der Waals surface area contributed by atoms with Gasteiger partial charge in [0.1, 0.15) is 11.0 Å². The quantitative estimate of drug-likeness (QED) is 0.564. The van der Waals surface area contributed by atoms with Crippen LogP contribution in [0.4, 0.5) is 0 Å². The Kier molecular flexibility index (Phi) is 4.34. The predicted octanol–water partition coefficient (Wildman–Crippen LogP) is 3.93. The lowest BCUT2D eigenvalue weighted by Crippen LogP contribution is -1.97. The van der Waals surface area contributed by atoms with Gasteiger partial charge in [-0.2, -0.15) is 20.0 Å². The van der Waals surface area contributed by atoms with Crippen molar-refractivity contribution >= 4 is 41.6 Å². The number of nitrogens with zero attached hydrogens (tertiary/aromatic N) is 5. The third-order valence-electron chi connectivity index (χ3n) is 3.22. The zero-order valence-corrected chi connectivity index (χ0v) is 14.6. The molecule has 118 valence electrons. The Bertz CT molecular complexity index is 953. The van der Waals surface area contributed by atoms with Crippen LogP contribution in [0.5, 0.6) is 0 Å². The Hall–Kier alpha value is -1.96. The van der Waals surface area contributed by atoms with Crippen molar-refractivity contribution in [3.05, 3.63) is 56.3 Å². The van der Waals surface area contributed by atoms with Gasteiger partial charge in [-0.15, -0.1) is 0 Å². The third kappa shape index (κ3) is 3.08. The maximum Gasteiger partial charge on any atom is 0.216 e. The minimum absolute atomic E-state index is 0.412. The monoisotopic (exact) mass is 366 g/mol. The molecule has 9 heteroatoms. The van der Waals surface area contributed by atoms with E-state index in [1.165, 1.54) is 4.68 Å². The second-order valence-corrected chi connectivity index (χ2v) is 6.00. The van der Waals surface area contributed by atoms with Gasteiger partial charge in [0.15, 0.2) is 0 Å². The van der Waals surface area contributed by atoms with Crippen molar-refractivity contribution in [2.45, 2.75) is 13.8 Å². The zero-order valence-electron chi connectivity index (χ0n) is 12.3. The molecule has 0 aliphatic carbocycles. The summed E-state index contributed by atoms with van der Waals surface area (Å²) in [6.07, 6.45) is 1.62. The van der Waals surface area contributed by atoms with Crippen LogP contribution in [-0.4, -0.2) is 30.9 Å². The first kappa shape index (κ1) is 15.9. The number of nitrogens with one attached hydrogen (secondary N) is 1. The first-order chi connectivity index (χ1) is 11.0. The fourth-order valence-electron chi connectivity index (χ4n) is 2.06. The van der Waals surface area contributed by atoms with Crippen LogP contribution in [0.2, 0.25) is 10.2 Å². The summed E-state index contributed by atoms with van der Waals surface area (Å²) in [6, 6.07) is 7.30. The summed E-state index contributed by atoms with van der Waals surface area (Å²) in [5.74, 6) is 0.655. The highest BCUT2D eigenvalue weighted by Gasteiger charge is 2.13. The predicted molar refractivity (Wildman–Crippen MR) is 93.5 cm³/mol. The smallest absolute Gasteiger partial charge is 0.216 e. The van der Waals surface area contributed by atoms with E-state index in [1.54, 1.807) is 30.0 Å². The molecule has 0 spiro atoms. The zero-order chi connectivity index (χ0) is 16.6. The van der Waals surface area contributed by atoms with E-state index in [0.717, 1.165) is 11.4 Å². The average molecular weight is 367 g/mol. The second kappa shape index (κ2) is 6.27. The molecule has 0 aliphatic rings. The molecule has 23 heavy (non-hydrogen) atoms. The molecule has 0 fully saturated rings. The number of aromatic amines is 1. The molecule has 0 unspecified atom stereocenters. The highest BCUT2D eigenvalue weighted by atomic mass is 35.5. The van der Waals surface area contributed by atoms with Crippen LogP contribution in [0.15, 0.2) is 29.4 Å². The Morgan fingerprint density at radius 3 is 2.74 bits per heavy atom. The number of benzene rings is 1. The van der Waals surface area contributed by atoms with Crippen molar-refractivity contribution < 1.29 is 0 Å². The van der Waals surface area contributed by atoms with Crippen molar-refractivity contribution in [2.75, 3.05) is 0 Å².